The van der Waals surface area contributed by atoms with Gasteiger partial charge in [-0.15, -0.1) is 0 Å². The van der Waals surface area contributed by atoms with Crippen molar-refractivity contribution >= 4 is 33.7 Å². The molecule has 0 N–H and O–H groups in total. The summed E-state index contributed by atoms with van der Waals surface area (Å²) in [4.78, 5) is 5.00. The predicted molar refractivity (Wildman–Crippen MR) is 207 cm³/mol. The molecular formula is C48H33N. The van der Waals surface area contributed by atoms with Crippen molar-refractivity contribution in [3.63, 3.8) is 0 Å². The van der Waals surface area contributed by atoms with E-state index in [0.29, 0.717) is 0 Å². The van der Waals surface area contributed by atoms with Crippen LogP contribution in [0.25, 0.3) is 89.5 Å². The first-order chi connectivity index (χ1) is 24.2. The molecule has 2 aliphatic carbocycles. The van der Waals surface area contributed by atoms with Gasteiger partial charge in [-0.3, -0.25) is 4.98 Å². The number of fused-ring (bicyclic) bond motifs is 5. The highest BCUT2D eigenvalue weighted by molar-refractivity contribution is 6.27. The number of pyridine rings is 1. The van der Waals surface area contributed by atoms with Crippen LogP contribution in [0.3, 0.4) is 0 Å². The lowest BCUT2D eigenvalue weighted by atomic mass is 9.82. The van der Waals surface area contributed by atoms with Gasteiger partial charge in [-0.25, -0.2) is 0 Å². The number of rotatable bonds is 4. The molecule has 0 amide bonds. The van der Waals surface area contributed by atoms with Crippen LogP contribution in [0.5, 0.6) is 0 Å². The lowest BCUT2D eigenvalue weighted by Crippen LogP contribution is -2.32. The second kappa shape index (κ2) is 11.0. The molecule has 0 bridgehead atoms. The molecule has 230 valence electrons. The zero-order valence-corrected chi connectivity index (χ0v) is 27.3. The van der Waals surface area contributed by atoms with Crippen LogP contribution in [-0.4, -0.2) is 4.98 Å². The monoisotopic (exact) mass is 623 g/mol. The Hall–Kier alpha value is -6.05. The fourth-order valence-electron chi connectivity index (χ4n) is 8.58. The average molecular weight is 624 g/mol. The maximum absolute atomic E-state index is 5.00. The Morgan fingerprint density at radius 3 is 1.69 bits per heavy atom. The summed E-state index contributed by atoms with van der Waals surface area (Å²) in [7, 11) is 0. The van der Waals surface area contributed by atoms with Gasteiger partial charge in [0.05, 0.1) is 5.69 Å². The third kappa shape index (κ3) is 4.29. The van der Waals surface area contributed by atoms with Crippen LogP contribution in [0.15, 0.2) is 152 Å². The second-order valence-corrected chi connectivity index (χ2v) is 13.4. The lowest BCUT2D eigenvalue weighted by Gasteiger charge is -2.20. The van der Waals surface area contributed by atoms with E-state index in [1.807, 2.05) is 0 Å². The number of nitrogens with zero attached hydrogens (tertiary/aromatic N) is 1. The van der Waals surface area contributed by atoms with Crippen LogP contribution in [-0.2, 0) is 0 Å². The number of hydrogen-bond acceptors (Lipinski definition) is 1. The quantitative estimate of drug-likeness (QED) is 0.190. The van der Waals surface area contributed by atoms with Gasteiger partial charge in [0.25, 0.3) is 0 Å². The summed E-state index contributed by atoms with van der Waals surface area (Å²) in [5.74, 6) is 0.271. The molecule has 8 aromatic rings. The standard InChI is InChI=1S/C48H33N/c1-30-28-35-29-34(24-25-37(35)48(49-30)33-18-9-4-10-19-33)36-26-27-42-45-38(36)22-13-23-41(45)46-43(31-14-5-2-6-15-31)39-20-11-12-21-40(39)44(47(42)46)32-16-7-3-8-17-32/h2-23,25-29,34H,24H2,1H3. The van der Waals surface area contributed by atoms with Crippen LogP contribution in [0.1, 0.15) is 23.6 Å². The Bertz CT molecular complexity index is 2630. The minimum absolute atomic E-state index is 0.271. The maximum atomic E-state index is 5.00. The van der Waals surface area contributed by atoms with E-state index in [4.69, 9.17) is 4.98 Å². The van der Waals surface area contributed by atoms with E-state index >= 15 is 0 Å². The smallest absolute Gasteiger partial charge is 0.0780 e. The molecule has 0 radical (unpaired) electrons. The molecule has 1 aromatic heterocycles. The van der Waals surface area contributed by atoms with Crippen LogP contribution >= 0.6 is 0 Å². The molecule has 0 aliphatic heterocycles. The summed E-state index contributed by atoms with van der Waals surface area (Å²) in [5, 5.41) is 7.83. The molecule has 1 heteroatoms. The number of benzene rings is 7. The normalized spacial score (nSPS) is 14.3. The van der Waals surface area contributed by atoms with Gasteiger partial charge in [0.1, 0.15) is 0 Å². The molecule has 1 heterocycles. The number of aryl methyl sites for hydroxylation is 1. The van der Waals surface area contributed by atoms with Crippen molar-refractivity contribution in [2.75, 3.05) is 0 Å². The van der Waals surface area contributed by atoms with Gasteiger partial charge < -0.3 is 0 Å². The molecule has 1 nitrogen and oxygen atoms in total. The minimum atomic E-state index is 0.271. The summed E-state index contributed by atoms with van der Waals surface area (Å²) in [6.07, 6.45) is 5.85. The van der Waals surface area contributed by atoms with Crippen molar-refractivity contribution < 1.29 is 0 Å². The van der Waals surface area contributed by atoms with Crippen LogP contribution in [0.4, 0.5) is 0 Å². The first-order valence-corrected chi connectivity index (χ1v) is 17.3. The van der Waals surface area contributed by atoms with Gasteiger partial charge >= 0.3 is 0 Å². The van der Waals surface area contributed by atoms with Gasteiger partial charge in [-0.1, -0.05) is 158 Å². The molecule has 10 rings (SSSR count). The Balaban J connectivity index is 1.25. The first-order valence-electron chi connectivity index (χ1n) is 17.3. The maximum Gasteiger partial charge on any atom is 0.0780 e. The highest BCUT2D eigenvalue weighted by atomic mass is 14.7. The van der Waals surface area contributed by atoms with Crippen molar-refractivity contribution in [3.05, 3.63) is 173 Å². The zero-order chi connectivity index (χ0) is 32.5. The SMILES string of the molecule is Cc1cc2c(c(-c3ccccc3)n1)=CCC(c1ccc3c4c(cccc14)-c1c-3c(-c3ccccc3)c3ccccc3c1-c1ccccc1)C=2. The van der Waals surface area contributed by atoms with E-state index in [0.717, 1.165) is 17.8 Å². The Morgan fingerprint density at radius 2 is 1.06 bits per heavy atom. The van der Waals surface area contributed by atoms with Gasteiger partial charge in [0.2, 0.25) is 0 Å². The molecule has 1 unspecified atom stereocenters. The first kappa shape index (κ1) is 28.0. The minimum Gasteiger partial charge on any atom is -0.252 e. The number of hydrogen-bond donors (Lipinski definition) is 0. The molecule has 7 aromatic carbocycles. The average Bonchev–Trinajstić information content (AvgIpc) is 3.49. The molecule has 2 aliphatic rings. The highest BCUT2D eigenvalue weighted by Gasteiger charge is 2.31. The Kier molecular flexibility index (Phi) is 6.29. The summed E-state index contributed by atoms with van der Waals surface area (Å²) in [6, 6.07) is 55.6. The van der Waals surface area contributed by atoms with Gasteiger partial charge in [-0.2, -0.15) is 0 Å². The van der Waals surface area contributed by atoms with E-state index in [9.17, 15) is 0 Å². The van der Waals surface area contributed by atoms with Crippen molar-refractivity contribution in [2.24, 2.45) is 0 Å². The van der Waals surface area contributed by atoms with Crippen LogP contribution in [0, 0.1) is 6.92 Å². The second-order valence-electron chi connectivity index (χ2n) is 13.4. The van der Waals surface area contributed by atoms with Gasteiger partial charge in [0.15, 0.2) is 0 Å². The number of aromatic nitrogens is 1. The van der Waals surface area contributed by atoms with Crippen LogP contribution < -0.4 is 10.4 Å². The van der Waals surface area contributed by atoms with E-state index in [2.05, 4.69) is 171 Å². The van der Waals surface area contributed by atoms with Gasteiger partial charge in [0, 0.05) is 22.4 Å². The van der Waals surface area contributed by atoms with E-state index in [1.54, 1.807) is 0 Å². The molecule has 0 fully saturated rings. The zero-order valence-electron chi connectivity index (χ0n) is 27.3. The summed E-state index contributed by atoms with van der Waals surface area (Å²) < 4.78 is 0. The third-order valence-electron chi connectivity index (χ3n) is 10.6. The molecule has 49 heavy (non-hydrogen) atoms. The topological polar surface area (TPSA) is 12.9 Å². The predicted octanol–water partition coefficient (Wildman–Crippen LogP) is 11.1. The largest absolute Gasteiger partial charge is 0.252 e. The van der Waals surface area contributed by atoms with Crippen LogP contribution in [0.2, 0.25) is 0 Å². The Morgan fingerprint density at radius 1 is 0.510 bits per heavy atom. The molecular weight excluding hydrogens is 591 g/mol. The summed E-state index contributed by atoms with van der Waals surface area (Å²) in [6.45, 7) is 2.11. The Labute approximate surface area is 286 Å². The van der Waals surface area contributed by atoms with Gasteiger partial charge in [-0.05, 0) is 96.2 Å². The van der Waals surface area contributed by atoms with Crippen molar-refractivity contribution in [3.8, 4) is 55.8 Å². The molecule has 0 saturated heterocycles. The van der Waals surface area contributed by atoms with Crippen molar-refractivity contribution in [2.45, 2.75) is 19.3 Å². The highest BCUT2D eigenvalue weighted by Crippen LogP contribution is 2.58. The molecule has 0 spiro atoms. The third-order valence-corrected chi connectivity index (χ3v) is 10.6. The van der Waals surface area contributed by atoms with E-state index < -0.39 is 0 Å². The molecule has 1 atom stereocenters. The molecule has 0 saturated carbocycles. The summed E-state index contributed by atoms with van der Waals surface area (Å²) >= 11 is 0. The summed E-state index contributed by atoms with van der Waals surface area (Å²) in [5.41, 5.74) is 15.2. The fourth-order valence-corrected chi connectivity index (χ4v) is 8.58. The van der Waals surface area contributed by atoms with E-state index in [-0.39, 0.29) is 5.92 Å². The lowest BCUT2D eigenvalue weighted by molar-refractivity contribution is 0.927. The van der Waals surface area contributed by atoms with Crippen molar-refractivity contribution in [1.82, 2.24) is 4.98 Å². The van der Waals surface area contributed by atoms with Crippen molar-refractivity contribution in [1.29, 1.82) is 0 Å². The van der Waals surface area contributed by atoms with E-state index in [1.165, 1.54) is 87.6 Å². The fraction of sp³-hybridized carbons (Fsp3) is 0.0625.